The molecule has 3 aromatic heterocycles. The van der Waals surface area contributed by atoms with Gasteiger partial charge in [0.1, 0.15) is 5.76 Å². The molecule has 25 heavy (non-hydrogen) atoms. The number of nitrogens with one attached hydrogen (secondary N) is 1. The fraction of sp³-hybridized carbons (Fsp3) is 0.421. The maximum Gasteiger partial charge on any atom is 0.276 e. The van der Waals surface area contributed by atoms with Crippen LogP contribution in [-0.2, 0) is 19.3 Å². The van der Waals surface area contributed by atoms with Crippen LogP contribution in [0.3, 0.4) is 0 Å². The van der Waals surface area contributed by atoms with Gasteiger partial charge in [0.05, 0.1) is 11.2 Å². The summed E-state index contributed by atoms with van der Waals surface area (Å²) in [5.74, 6) is 1.39. The van der Waals surface area contributed by atoms with Crippen molar-refractivity contribution in [3.05, 3.63) is 47.2 Å². The first-order valence-corrected chi connectivity index (χ1v) is 8.97. The maximum absolute atomic E-state index is 12.7. The number of fused-ring (bicyclic) bond motifs is 2. The molecule has 6 nitrogen and oxygen atoms in total. The topological polar surface area (TPSA) is 75.0 Å². The largest absolute Gasteiger partial charge is 0.360 e. The van der Waals surface area contributed by atoms with E-state index in [0.29, 0.717) is 11.6 Å². The Morgan fingerprint density at radius 3 is 3.08 bits per heavy atom. The van der Waals surface area contributed by atoms with E-state index in [1.807, 2.05) is 23.4 Å². The van der Waals surface area contributed by atoms with Gasteiger partial charge in [-0.15, -0.1) is 0 Å². The Morgan fingerprint density at radius 1 is 1.28 bits per heavy atom. The molecule has 0 saturated carbocycles. The van der Waals surface area contributed by atoms with Gasteiger partial charge in [0.25, 0.3) is 5.91 Å². The number of aromatic amines is 1. The lowest BCUT2D eigenvalue weighted by Crippen LogP contribution is -2.51. The Kier molecular flexibility index (Phi) is 3.36. The van der Waals surface area contributed by atoms with Gasteiger partial charge in [-0.3, -0.25) is 9.78 Å². The summed E-state index contributed by atoms with van der Waals surface area (Å²) in [7, 11) is 0. The number of nitrogens with zero attached hydrogens (tertiary/aromatic N) is 3. The number of carbonyl (C=O) groups is 1. The van der Waals surface area contributed by atoms with Crippen LogP contribution in [0.25, 0.3) is 10.9 Å². The van der Waals surface area contributed by atoms with Crippen molar-refractivity contribution < 1.29 is 9.32 Å². The van der Waals surface area contributed by atoms with Crippen molar-refractivity contribution in [2.45, 2.75) is 32.1 Å². The second-order valence-electron chi connectivity index (χ2n) is 7.12. The van der Waals surface area contributed by atoms with Gasteiger partial charge in [-0.2, -0.15) is 0 Å². The van der Waals surface area contributed by atoms with Crippen molar-refractivity contribution in [3.63, 3.8) is 0 Å². The van der Waals surface area contributed by atoms with E-state index in [1.165, 1.54) is 5.39 Å². The average Bonchev–Trinajstić information content (AvgIpc) is 3.24. The number of likely N-dealkylation sites (tertiary alicyclic amines) is 1. The number of carbonyl (C=O) groups excluding carboxylic acids is 1. The van der Waals surface area contributed by atoms with Gasteiger partial charge in [-0.1, -0.05) is 5.16 Å². The van der Waals surface area contributed by atoms with Crippen LogP contribution in [0.15, 0.2) is 29.0 Å². The summed E-state index contributed by atoms with van der Waals surface area (Å²) in [6, 6.07) is 4.07. The van der Waals surface area contributed by atoms with Gasteiger partial charge in [0, 0.05) is 42.9 Å². The Morgan fingerprint density at radius 2 is 2.16 bits per heavy atom. The third-order valence-electron chi connectivity index (χ3n) is 5.43. The van der Waals surface area contributed by atoms with Gasteiger partial charge in [0.2, 0.25) is 0 Å². The summed E-state index contributed by atoms with van der Waals surface area (Å²) in [6.07, 6.45) is 8.75. The summed E-state index contributed by atoms with van der Waals surface area (Å²) >= 11 is 0. The molecule has 3 aromatic rings. The quantitative estimate of drug-likeness (QED) is 0.798. The zero-order valence-corrected chi connectivity index (χ0v) is 14.0. The number of hydrogen-bond donors (Lipinski definition) is 1. The van der Waals surface area contributed by atoms with Crippen molar-refractivity contribution in [2.75, 3.05) is 13.1 Å². The Bertz CT molecular complexity index is 936. The van der Waals surface area contributed by atoms with Gasteiger partial charge in [-0.05, 0) is 43.7 Å². The number of hydrogen-bond acceptors (Lipinski definition) is 4. The molecule has 6 heteroatoms. The molecule has 1 aliphatic carbocycles. The molecule has 4 heterocycles. The minimum absolute atomic E-state index is 0.0224. The van der Waals surface area contributed by atoms with Crippen LogP contribution in [0.4, 0.5) is 0 Å². The zero-order chi connectivity index (χ0) is 16.8. The van der Waals surface area contributed by atoms with Gasteiger partial charge in [0.15, 0.2) is 5.69 Å². The van der Waals surface area contributed by atoms with E-state index in [4.69, 9.17) is 4.52 Å². The lowest BCUT2D eigenvalue weighted by molar-refractivity contribution is 0.0488. The minimum Gasteiger partial charge on any atom is -0.360 e. The molecule has 1 aliphatic heterocycles. The Hall–Kier alpha value is -2.63. The molecule has 0 atom stereocenters. The first-order valence-electron chi connectivity index (χ1n) is 8.97. The lowest BCUT2D eigenvalue weighted by atomic mass is 9.92. The molecule has 5 rings (SSSR count). The van der Waals surface area contributed by atoms with Crippen molar-refractivity contribution in [1.29, 1.82) is 0 Å². The van der Waals surface area contributed by atoms with E-state index >= 15 is 0 Å². The molecule has 0 spiro atoms. The standard InChI is InChI=1S/C19H20N4O2/c24-19(18-14-3-1-2-4-16(14)25-22-18)23-10-12(11-23)9-15-17-13(5-7-20-15)6-8-21-17/h5-8,12,21H,1-4,9-11H2. The molecule has 0 radical (unpaired) electrons. The van der Waals surface area contributed by atoms with Crippen LogP contribution >= 0.6 is 0 Å². The SMILES string of the molecule is O=C(c1noc2c1CCCC2)N1CC(Cc2nccc3cc[nH]c23)C1. The average molecular weight is 336 g/mol. The second-order valence-corrected chi connectivity index (χ2v) is 7.12. The highest BCUT2D eigenvalue weighted by Crippen LogP contribution is 2.28. The van der Waals surface area contributed by atoms with Gasteiger partial charge >= 0.3 is 0 Å². The number of aryl methyl sites for hydroxylation is 1. The summed E-state index contributed by atoms with van der Waals surface area (Å²) in [4.78, 5) is 22.4. The normalized spacial score (nSPS) is 17.5. The van der Waals surface area contributed by atoms with Crippen molar-refractivity contribution in [2.24, 2.45) is 5.92 Å². The lowest BCUT2D eigenvalue weighted by Gasteiger charge is -2.39. The maximum atomic E-state index is 12.7. The predicted molar refractivity (Wildman–Crippen MR) is 92.3 cm³/mol. The summed E-state index contributed by atoms with van der Waals surface area (Å²) in [5.41, 5.74) is 3.77. The van der Waals surface area contributed by atoms with E-state index < -0.39 is 0 Å². The molecular formula is C19H20N4O2. The van der Waals surface area contributed by atoms with Gasteiger partial charge < -0.3 is 14.4 Å². The number of rotatable bonds is 3. The van der Waals surface area contributed by atoms with E-state index in [2.05, 4.69) is 21.2 Å². The third kappa shape index (κ3) is 2.44. The number of pyridine rings is 1. The summed E-state index contributed by atoms with van der Waals surface area (Å²) in [5, 5.41) is 5.25. The number of aromatic nitrogens is 3. The van der Waals surface area contributed by atoms with E-state index in [0.717, 1.165) is 67.7 Å². The molecule has 0 bridgehead atoms. The molecule has 0 unspecified atom stereocenters. The third-order valence-corrected chi connectivity index (χ3v) is 5.43. The fourth-order valence-electron chi connectivity index (χ4n) is 4.04. The Labute approximate surface area is 145 Å². The first kappa shape index (κ1) is 14.7. The molecule has 1 N–H and O–H groups in total. The molecular weight excluding hydrogens is 316 g/mol. The zero-order valence-electron chi connectivity index (χ0n) is 14.0. The highest BCUT2D eigenvalue weighted by molar-refractivity contribution is 5.94. The smallest absolute Gasteiger partial charge is 0.276 e. The molecule has 1 saturated heterocycles. The second kappa shape index (κ2) is 5.72. The van der Waals surface area contributed by atoms with Crippen LogP contribution in [0.1, 0.15) is 40.3 Å². The molecule has 1 amide bonds. The van der Waals surface area contributed by atoms with Crippen LogP contribution in [-0.4, -0.2) is 39.0 Å². The summed E-state index contributed by atoms with van der Waals surface area (Å²) in [6.45, 7) is 1.53. The monoisotopic (exact) mass is 336 g/mol. The summed E-state index contributed by atoms with van der Waals surface area (Å²) < 4.78 is 5.38. The van der Waals surface area contributed by atoms with Crippen LogP contribution in [0.5, 0.6) is 0 Å². The minimum atomic E-state index is 0.0224. The first-order chi connectivity index (χ1) is 12.3. The van der Waals surface area contributed by atoms with Crippen LogP contribution in [0.2, 0.25) is 0 Å². The predicted octanol–water partition coefficient (Wildman–Crippen LogP) is 2.74. The van der Waals surface area contributed by atoms with Gasteiger partial charge in [-0.25, -0.2) is 0 Å². The van der Waals surface area contributed by atoms with Crippen molar-refractivity contribution in [3.8, 4) is 0 Å². The van der Waals surface area contributed by atoms with E-state index in [1.54, 1.807) is 0 Å². The fourth-order valence-corrected chi connectivity index (χ4v) is 4.04. The van der Waals surface area contributed by atoms with E-state index in [-0.39, 0.29) is 5.91 Å². The number of H-pyrrole nitrogens is 1. The molecule has 1 fully saturated rings. The van der Waals surface area contributed by atoms with Crippen molar-refractivity contribution >= 4 is 16.8 Å². The molecule has 128 valence electrons. The Balaban J connectivity index is 1.27. The number of amides is 1. The van der Waals surface area contributed by atoms with Crippen LogP contribution in [0, 0.1) is 5.92 Å². The van der Waals surface area contributed by atoms with Crippen molar-refractivity contribution in [1.82, 2.24) is 20.0 Å². The highest BCUT2D eigenvalue weighted by atomic mass is 16.5. The highest BCUT2D eigenvalue weighted by Gasteiger charge is 2.35. The van der Waals surface area contributed by atoms with Crippen LogP contribution < -0.4 is 0 Å². The molecule has 2 aliphatic rings. The molecule has 0 aromatic carbocycles. The van der Waals surface area contributed by atoms with E-state index in [9.17, 15) is 4.79 Å².